The molecule has 4 aromatic rings. The second-order valence-corrected chi connectivity index (χ2v) is 13.6. The monoisotopic (exact) mass is 725 g/mol. The second-order valence-electron chi connectivity index (χ2n) is 11.9. The van der Waals surface area contributed by atoms with Crippen LogP contribution < -0.4 is 26.6 Å². The molecule has 0 aliphatic heterocycles. The quantitative estimate of drug-likeness (QED) is 0.159. The van der Waals surface area contributed by atoms with E-state index in [0.717, 1.165) is 4.57 Å². The molecule has 4 N–H and O–H groups in total. The Bertz CT molecular complexity index is 2180. The number of hydrogen-bond acceptors (Lipinski definition) is 7. The fourth-order valence-corrected chi connectivity index (χ4v) is 6.32. The Labute approximate surface area is 292 Å². The summed E-state index contributed by atoms with van der Waals surface area (Å²) >= 11 is 0. The number of anilines is 2. The van der Waals surface area contributed by atoms with E-state index in [-0.39, 0.29) is 28.8 Å². The van der Waals surface area contributed by atoms with Gasteiger partial charge in [-0.1, -0.05) is 26.0 Å². The number of rotatable bonds is 13. The maximum atomic E-state index is 15.1. The summed E-state index contributed by atoms with van der Waals surface area (Å²) in [4.78, 5) is 62.5. The van der Waals surface area contributed by atoms with Gasteiger partial charge in [-0.25, -0.2) is 31.4 Å². The molecule has 3 aromatic carbocycles. The maximum absolute atomic E-state index is 15.1. The standard InChI is InChI=1S/C35H37F2N5O8S/c1-6-22(7-2)31(43)38-23-10-14-25(15-11-23)51(49,50)40-29-18-27(36)26(17-28(29)37)32(44)39-30(34(46)47)16-21-8-12-24(13-9-21)42-33(45)19(3)20(4)41(5)35(42)48/h8-15,17-18,22,30,40H,6-7,16H2,1-5H3,(H,38,43)(H,39,44)(H,46,47)/t30-/m0/s1. The Morgan fingerprint density at radius 1 is 0.902 bits per heavy atom. The Morgan fingerprint density at radius 3 is 2.08 bits per heavy atom. The van der Waals surface area contributed by atoms with Crippen molar-refractivity contribution in [1.82, 2.24) is 14.5 Å². The van der Waals surface area contributed by atoms with Crippen LogP contribution in [0.3, 0.4) is 0 Å². The molecule has 0 bridgehead atoms. The van der Waals surface area contributed by atoms with E-state index in [4.69, 9.17) is 0 Å². The maximum Gasteiger partial charge on any atom is 0.335 e. The predicted octanol–water partition coefficient (Wildman–Crippen LogP) is 4.03. The number of halogens is 2. The number of nitrogens with one attached hydrogen (secondary N) is 3. The third-order valence-electron chi connectivity index (χ3n) is 8.62. The molecule has 1 atom stereocenters. The van der Waals surface area contributed by atoms with Gasteiger partial charge in [-0.2, -0.15) is 0 Å². The van der Waals surface area contributed by atoms with Crippen molar-refractivity contribution in [3.05, 3.63) is 116 Å². The lowest BCUT2D eigenvalue weighted by Gasteiger charge is -2.17. The molecule has 4 rings (SSSR count). The molecule has 16 heteroatoms. The van der Waals surface area contributed by atoms with Crippen LogP contribution in [0.2, 0.25) is 0 Å². The van der Waals surface area contributed by atoms with E-state index in [2.05, 4.69) is 10.6 Å². The van der Waals surface area contributed by atoms with E-state index in [1.165, 1.54) is 60.1 Å². The average Bonchev–Trinajstić information content (AvgIpc) is 3.09. The summed E-state index contributed by atoms with van der Waals surface area (Å²) in [6.07, 6.45) is 0.950. The van der Waals surface area contributed by atoms with Crippen molar-refractivity contribution in [3.8, 4) is 5.69 Å². The SMILES string of the molecule is CCC(CC)C(=O)Nc1ccc(S(=O)(=O)Nc2cc(F)c(C(=O)N[C@@H](Cc3ccc(-n4c(=O)c(C)c(C)n(C)c4=O)cc3)C(=O)O)cc2F)cc1. The van der Waals surface area contributed by atoms with Gasteiger partial charge in [0.05, 0.1) is 21.8 Å². The van der Waals surface area contributed by atoms with Gasteiger partial charge in [-0.15, -0.1) is 0 Å². The Hall–Kier alpha value is -5.64. The number of sulfonamides is 1. The van der Waals surface area contributed by atoms with Crippen LogP contribution in [0.25, 0.3) is 5.69 Å². The highest BCUT2D eigenvalue weighted by molar-refractivity contribution is 7.92. The van der Waals surface area contributed by atoms with Crippen LogP contribution in [-0.4, -0.2) is 46.5 Å². The van der Waals surface area contributed by atoms with Gasteiger partial charge < -0.3 is 20.3 Å². The first-order valence-corrected chi connectivity index (χ1v) is 17.3. The van der Waals surface area contributed by atoms with Crippen molar-refractivity contribution in [1.29, 1.82) is 0 Å². The summed E-state index contributed by atoms with van der Waals surface area (Å²) in [6.45, 7) is 6.97. The first-order valence-electron chi connectivity index (χ1n) is 15.8. The number of carboxylic acids is 1. The number of amides is 2. The third kappa shape index (κ3) is 8.40. The van der Waals surface area contributed by atoms with Crippen LogP contribution in [0.15, 0.2) is 75.1 Å². The molecule has 0 saturated carbocycles. The molecule has 2 amide bonds. The fraction of sp³-hybridized carbons (Fsp3) is 0.286. The average molecular weight is 726 g/mol. The molecule has 1 heterocycles. The molecular formula is C35H37F2N5O8S. The number of carbonyl (C=O) groups is 3. The lowest BCUT2D eigenvalue weighted by molar-refractivity contribution is -0.139. The van der Waals surface area contributed by atoms with Crippen molar-refractivity contribution in [2.24, 2.45) is 13.0 Å². The summed E-state index contributed by atoms with van der Waals surface area (Å²) in [5, 5.41) is 14.6. The zero-order valence-corrected chi connectivity index (χ0v) is 29.2. The van der Waals surface area contributed by atoms with E-state index in [9.17, 15) is 37.5 Å². The number of nitrogens with zero attached hydrogens (tertiary/aromatic N) is 2. The summed E-state index contributed by atoms with van der Waals surface area (Å²) in [5.74, 6) is -5.85. The highest BCUT2D eigenvalue weighted by Crippen LogP contribution is 2.24. The van der Waals surface area contributed by atoms with Crippen molar-refractivity contribution in [2.75, 3.05) is 10.0 Å². The van der Waals surface area contributed by atoms with E-state index in [1.54, 1.807) is 13.8 Å². The number of aromatic nitrogens is 2. The van der Waals surface area contributed by atoms with Gasteiger partial charge in [-0.3, -0.25) is 19.1 Å². The Balaban J connectivity index is 1.47. The summed E-state index contributed by atoms with van der Waals surface area (Å²) in [5.41, 5.74) is -0.943. The lowest BCUT2D eigenvalue weighted by atomic mass is 10.0. The lowest BCUT2D eigenvalue weighted by Crippen LogP contribution is -2.42. The molecule has 0 aliphatic rings. The fourth-order valence-electron chi connectivity index (χ4n) is 5.26. The topological polar surface area (TPSA) is 186 Å². The Morgan fingerprint density at radius 2 is 1.51 bits per heavy atom. The molecular weight excluding hydrogens is 688 g/mol. The molecule has 51 heavy (non-hydrogen) atoms. The number of aliphatic carboxylic acids is 1. The molecule has 0 aliphatic carbocycles. The van der Waals surface area contributed by atoms with Gasteiger partial charge in [0.1, 0.15) is 17.7 Å². The first-order chi connectivity index (χ1) is 24.0. The zero-order valence-electron chi connectivity index (χ0n) is 28.4. The number of benzene rings is 3. The number of carbonyl (C=O) groups excluding carboxylic acids is 2. The summed E-state index contributed by atoms with van der Waals surface area (Å²) in [7, 11) is -2.92. The van der Waals surface area contributed by atoms with Gasteiger partial charge in [0.25, 0.3) is 21.5 Å². The second kappa shape index (κ2) is 15.5. The molecule has 0 spiro atoms. The molecule has 0 fully saturated rings. The molecule has 1 aromatic heterocycles. The van der Waals surface area contributed by atoms with Crippen molar-refractivity contribution >= 4 is 39.2 Å². The number of hydrogen-bond donors (Lipinski definition) is 4. The van der Waals surface area contributed by atoms with Crippen LogP contribution >= 0.6 is 0 Å². The van der Waals surface area contributed by atoms with Crippen LogP contribution in [0.4, 0.5) is 20.2 Å². The van der Waals surface area contributed by atoms with Gasteiger partial charge in [0.15, 0.2) is 0 Å². The van der Waals surface area contributed by atoms with E-state index >= 15 is 8.78 Å². The zero-order chi connectivity index (χ0) is 37.8. The van der Waals surface area contributed by atoms with Crippen LogP contribution in [-0.2, 0) is 33.1 Å². The predicted molar refractivity (Wildman–Crippen MR) is 186 cm³/mol. The third-order valence-corrected chi connectivity index (χ3v) is 10.0. The van der Waals surface area contributed by atoms with E-state index < -0.39 is 62.1 Å². The highest BCUT2D eigenvalue weighted by atomic mass is 32.2. The minimum atomic E-state index is -4.44. The first kappa shape index (κ1) is 38.2. The number of carboxylic acid groups (broad SMARTS) is 1. The summed E-state index contributed by atoms with van der Waals surface area (Å²) in [6, 6.07) is 10.1. The van der Waals surface area contributed by atoms with Gasteiger partial charge in [0.2, 0.25) is 5.91 Å². The van der Waals surface area contributed by atoms with Gasteiger partial charge in [-0.05, 0) is 74.7 Å². The van der Waals surface area contributed by atoms with E-state index in [0.29, 0.717) is 47.5 Å². The minimum absolute atomic E-state index is 0.215. The van der Waals surface area contributed by atoms with Crippen LogP contribution in [0.1, 0.15) is 53.9 Å². The molecule has 0 unspecified atom stereocenters. The van der Waals surface area contributed by atoms with Gasteiger partial charge >= 0.3 is 11.7 Å². The van der Waals surface area contributed by atoms with Gasteiger partial charge in [0, 0.05) is 42.4 Å². The van der Waals surface area contributed by atoms with E-state index in [1.807, 2.05) is 18.6 Å². The van der Waals surface area contributed by atoms with Crippen LogP contribution in [0, 0.1) is 31.4 Å². The summed E-state index contributed by atoms with van der Waals surface area (Å²) < 4.78 is 60.2. The van der Waals surface area contributed by atoms with Crippen LogP contribution in [0.5, 0.6) is 0 Å². The van der Waals surface area contributed by atoms with Crippen molar-refractivity contribution < 1.29 is 36.7 Å². The smallest absolute Gasteiger partial charge is 0.335 e. The molecule has 13 nitrogen and oxygen atoms in total. The Kier molecular flexibility index (Phi) is 11.6. The normalized spacial score (nSPS) is 12.0. The molecule has 270 valence electrons. The highest BCUT2D eigenvalue weighted by Gasteiger charge is 2.26. The largest absolute Gasteiger partial charge is 0.480 e. The minimum Gasteiger partial charge on any atom is -0.480 e. The van der Waals surface area contributed by atoms with Crippen molar-refractivity contribution in [2.45, 2.75) is 57.9 Å². The van der Waals surface area contributed by atoms with Crippen molar-refractivity contribution in [3.63, 3.8) is 0 Å². The molecule has 0 radical (unpaired) electrons. The molecule has 0 saturated heterocycles.